The Balaban J connectivity index is 1.28. The lowest BCUT2D eigenvalue weighted by Crippen LogP contribution is -2.46. The Morgan fingerprint density at radius 3 is 2.44 bits per heavy atom. The van der Waals surface area contributed by atoms with Crippen LogP contribution in [0, 0.1) is 28.6 Å². The van der Waals surface area contributed by atoms with Crippen LogP contribution in [0.25, 0.3) is 10.2 Å². The predicted molar refractivity (Wildman–Crippen MR) is 132 cm³/mol. The van der Waals surface area contributed by atoms with Crippen LogP contribution < -0.4 is 0 Å². The van der Waals surface area contributed by atoms with Gasteiger partial charge in [-0.05, 0) is 49.6 Å². The Morgan fingerprint density at radius 2 is 1.78 bits per heavy atom. The highest BCUT2D eigenvalue weighted by molar-refractivity contribution is 7.18. The number of benzene rings is 1. The Morgan fingerprint density at radius 1 is 1.03 bits per heavy atom. The van der Waals surface area contributed by atoms with Gasteiger partial charge in [0.2, 0.25) is 0 Å². The van der Waals surface area contributed by atoms with Gasteiger partial charge in [-0.25, -0.2) is 4.98 Å². The van der Waals surface area contributed by atoms with Crippen molar-refractivity contribution >= 4 is 32.9 Å². The summed E-state index contributed by atoms with van der Waals surface area (Å²) in [6.45, 7) is 10.4. The monoisotopic (exact) mass is 463 g/mol. The normalized spacial score (nSPS) is 17.3. The smallest absolute Gasteiger partial charge is 0.110 e. The van der Waals surface area contributed by atoms with E-state index in [4.69, 9.17) is 4.98 Å². The molecule has 0 amide bonds. The van der Waals surface area contributed by atoms with E-state index in [2.05, 4.69) is 54.0 Å². The van der Waals surface area contributed by atoms with Crippen LogP contribution in [0.4, 0.5) is 0 Å². The first-order valence-corrected chi connectivity index (χ1v) is 12.9. The lowest BCUT2D eigenvalue weighted by molar-refractivity contribution is 0.123. The molecule has 166 valence electrons. The summed E-state index contributed by atoms with van der Waals surface area (Å²) in [4.78, 5) is 11.5. The highest BCUT2D eigenvalue weighted by Crippen LogP contribution is 2.40. The van der Waals surface area contributed by atoms with Crippen molar-refractivity contribution in [3.05, 3.63) is 51.2 Å². The quantitative estimate of drug-likeness (QED) is 0.457. The molecular formula is C25H29N5S2. The van der Waals surface area contributed by atoms with E-state index < -0.39 is 5.41 Å². The van der Waals surface area contributed by atoms with Crippen LogP contribution in [0.15, 0.2) is 36.4 Å². The van der Waals surface area contributed by atoms with Crippen molar-refractivity contribution in [2.24, 2.45) is 5.92 Å². The van der Waals surface area contributed by atoms with Gasteiger partial charge >= 0.3 is 0 Å². The summed E-state index contributed by atoms with van der Waals surface area (Å²) in [5.41, 5.74) is 0.596. The van der Waals surface area contributed by atoms with Gasteiger partial charge in [-0.2, -0.15) is 10.5 Å². The maximum absolute atomic E-state index is 10.1. The maximum atomic E-state index is 10.1. The van der Waals surface area contributed by atoms with Gasteiger partial charge in [-0.15, -0.1) is 22.7 Å². The second-order valence-corrected chi connectivity index (χ2v) is 11.0. The molecule has 4 rings (SSSR count). The molecule has 0 aliphatic carbocycles. The van der Waals surface area contributed by atoms with Crippen LogP contribution in [0.5, 0.6) is 0 Å². The van der Waals surface area contributed by atoms with E-state index in [0.717, 1.165) is 62.5 Å². The van der Waals surface area contributed by atoms with Crippen LogP contribution in [0.3, 0.4) is 0 Å². The molecule has 1 unspecified atom stereocenters. The van der Waals surface area contributed by atoms with Crippen molar-refractivity contribution in [3.63, 3.8) is 0 Å². The summed E-state index contributed by atoms with van der Waals surface area (Å²) in [6, 6.07) is 17.0. The summed E-state index contributed by atoms with van der Waals surface area (Å²) in [5, 5.41) is 20.5. The molecule has 3 aromatic rings. The summed E-state index contributed by atoms with van der Waals surface area (Å²) in [6.07, 6.45) is 1.82. The molecule has 0 spiro atoms. The van der Waals surface area contributed by atoms with E-state index >= 15 is 0 Å². The van der Waals surface area contributed by atoms with Crippen molar-refractivity contribution < 1.29 is 0 Å². The maximum Gasteiger partial charge on any atom is 0.110 e. The molecule has 1 aliphatic heterocycles. The van der Waals surface area contributed by atoms with Crippen molar-refractivity contribution in [1.82, 2.24) is 14.8 Å². The van der Waals surface area contributed by atoms with Gasteiger partial charge in [0.15, 0.2) is 0 Å². The van der Waals surface area contributed by atoms with Crippen molar-refractivity contribution in [3.8, 4) is 12.1 Å². The first-order valence-electron chi connectivity index (χ1n) is 11.2. The first kappa shape index (κ1) is 22.9. The highest BCUT2D eigenvalue weighted by atomic mass is 32.1. The van der Waals surface area contributed by atoms with Gasteiger partial charge < -0.3 is 4.90 Å². The van der Waals surface area contributed by atoms with Crippen LogP contribution >= 0.6 is 22.7 Å². The molecule has 2 aromatic heterocycles. The van der Waals surface area contributed by atoms with E-state index in [-0.39, 0.29) is 5.92 Å². The lowest BCUT2D eigenvalue weighted by atomic mass is 9.73. The Hall–Kier alpha value is -2.29. The fourth-order valence-electron chi connectivity index (χ4n) is 4.51. The van der Waals surface area contributed by atoms with Gasteiger partial charge in [0.05, 0.1) is 28.2 Å². The van der Waals surface area contributed by atoms with E-state index in [9.17, 15) is 10.5 Å². The lowest BCUT2D eigenvalue weighted by Gasteiger charge is -2.35. The number of thiophene rings is 1. The molecule has 32 heavy (non-hydrogen) atoms. The molecule has 1 atom stereocenters. The summed E-state index contributed by atoms with van der Waals surface area (Å²) >= 11 is 3.27. The average molecular weight is 464 g/mol. The molecule has 0 radical (unpaired) electrons. The number of thiazole rings is 1. The number of nitrogens with zero attached hydrogens (tertiary/aromatic N) is 5. The number of nitriles is 2. The molecule has 0 N–H and O–H groups in total. The predicted octanol–water partition coefficient (Wildman–Crippen LogP) is 5.24. The van der Waals surface area contributed by atoms with Crippen molar-refractivity contribution in [2.75, 3.05) is 32.7 Å². The number of hydrogen-bond acceptors (Lipinski definition) is 7. The number of rotatable bonds is 8. The van der Waals surface area contributed by atoms with Gasteiger partial charge in [0.25, 0.3) is 0 Å². The second kappa shape index (κ2) is 10.1. The first-order chi connectivity index (χ1) is 15.5. The minimum Gasteiger partial charge on any atom is -0.301 e. The van der Waals surface area contributed by atoms with Gasteiger partial charge in [-0.1, -0.05) is 26.0 Å². The Labute approximate surface area is 198 Å². The zero-order chi connectivity index (χ0) is 22.6. The fourth-order valence-corrected chi connectivity index (χ4v) is 6.64. The molecule has 0 saturated carbocycles. The van der Waals surface area contributed by atoms with Crippen LogP contribution in [0.1, 0.15) is 41.5 Å². The summed E-state index contributed by atoms with van der Waals surface area (Å²) in [7, 11) is 0. The molecule has 0 bridgehead atoms. The van der Waals surface area contributed by atoms with Crippen LogP contribution in [-0.2, 0) is 12.0 Å². The third-order valence-electron chi connectivity index (χ3n) is 6.55. The van der Waals surface area contributed by atoms with Gasteiger partial charge in [0.1, 0.15) is 16.0 Å². The van der Waals surface area contributed by atoms with E-state index in [1.165, 1.54) is 21.0 Å². The Bertz CT molecular complexity index is 1090. The van der Waals surface area contributed by atoms with Crippen LogP contribution in [-0.4, -0.2) is 47.5 Å². The second-order valence-electron chi connectivity index (χ2n) is 8.81. The van der Waals surface area contributed by atoms with Crippen molar-refractivity contribution in [1.29, 1.82) is 10.5 Å². The molecule has 1 aromatic carbocycles. The molecule has 1 saturated heterocycles. The third kappa shape index (κ3) is 4.87. The highest BCUT2D eigenvalue weighted by Gasteiger charge is 2.37. The minimum atomic E-state index is -0.506. The number of aromatic nitrogens is 1. The average Bonchev–Trinajstić information content (AvgIpc) is 3.44. The topological polar surface area (TPSA) is 67.0 Å². The number of para-hydroxylation sites is 1. The van der Waals surface area contributed by atoms with E-state index in [1.54, 1.807) is 11.3 Å². The molecule has 3 heterocycles. The SMILES string of the molecule is CC(C)C(C#N)(CCCN1CCN(Cc2nc3ccccc3s2)CC1)c1ccc(C#N)s1. The number of fused-ring (bicyclic) bond motifs is 1. The van der Waals surface area contributed by atoms with Gasteiger partial charge in [0, 0.05) is 31.1 Å². The Kier molecular flexibility index (Phi) is 7.23. The largest absolute Gasteiger partial charge is 0.301 e. The molecule has 5 nitrogen and oxygen atoms in total. The van der Waals surface area contributed by atoms with Gasteiger partial charge in [-0.3, -0.25) is 4.90 Å². The molecule has 1 fully saturated rings. The zero-order valence-electron chi connectivity index (χ0n) is 18.8. The third-order valence-corrected chi connectivity index (χ3v) is 8.74. The zero-order valence-corrected chi connectivity index (χ0v) is 20.4. The molecule has 7 heteroatoms. The minimum absolute atomic E-state index is 0.211. The molecular weight excluding hydrogens is 434 g/mol. The summed E-state index contributed by atoms with van der Waals surface area (Å²) < 4.78 is 1.26. The number of hydrogen-bond donors (Lipinski definition) is 0. The van der Waals surface area contributed by atoms with Crippen LogP contribution in [0.2, 0.25) is 0 Å². The van der Waals surface area contributed by atoms with Crippen molar-refractivity contribution in [2.45, 2.75) is 38.6 Å². The fraction of sp³-hybridized carbons (Fsp3) is 0.480. The number of piperazine rings is 1. The summed E-state index contributed by atoms with van der Waals surface area (Å²) in [5.74, 6) is 0.211. The standard InChI is InChI=1S/C25H29N5S2/c1-19(2)25(18-27,23-9-8-20(16-26)31-23)10-5-11-29-12-14-30(15-13-29)17-24-28-21-6-3-4-7-22(21)32-24/h3-4,6-9,19H,5,10-15,17H2,1-2H3. The van der Waals surface area contributed by atoms with E-state index in [1.807, 2.05) is 18.2 Å². The molecule has 1 aliphatic rings. The van der Waals surface area contributed by atoms with E-state index in [0.29, 0.717) is 4.88 Å².